The van der Waals surface area contributed by atoms with E-state index in [-0.39, 0.29) is 12.6 Å². The maximum Gasteiger partial charge on any atom is 0.306 e. The van der Waals surface area contributed by atoms with Crippen LogP contribution in [0, 0.1) is 0 Å². The summed E-state index contributed by atoms with van der Waals surface area (Å²) in [5.41, 5.74) is 0. The summed E-state index contributed by atoms with van der Waals surface area (Å²) in [4.78, 5) is 10.9. The van der Waals surface area contributed by atoms with E-state index in [9.17, 15) is 20.1 Å². The first kappa shape index (κ1) is 18.6. The van der Waals surface area contributed by atoms with Gasteiger partial charge in [0.2, 0.25) is 0 Å². The number of ether oxygens (including phenoxy) is 3. The third-order valence-corrected chi connectivity index (χ3v) is 3.98. The highest BCUT2D eigenvalue weighted by Crippen LogP contribution is 2.22. The molecule has 9 heteroatoms. The molecule has 0 unspecified atom stereocenters. The average Bonchev–Trinajstić information content (AvgIpc) is 2.50. The van der Waals surface area contributed by atoms with Gasteiger partial charge in [-0.1, -0.05) is 0 Å². The van der Waals surface area contributed by atoms with Gasteiger partial charge in [-0.25, -0.2) is 0 Å². The van der Waals surface area contributed by atoms with Crippen LogP contribution in [0.4, 0.5) is 0 Å². The maximum absolute atomic E-state index is 10.9. The topological polar surface area (TPSA) is 126 Å². The molecule has 1 aliphatic heterocycles. The predicted molar refractivity (Wildman–Crippen MR) is 73.7 cm³/mol. The molecule has 1 saturated heterocycles. The molecule has 0 radical (unpaired) electrons. The molecule has 0 saturated carbocycles. The molecule has 0 aromatic rings. The minimum Gasteiger partial charge on any atom is -0.469 e. The fourth-order valence-electron chi connectivity index (χ4n) is 1.79. The zero-order valence-electron chi connectivity index (χ0n) is 11.8. The van der Waals surface area contributed by atoms with E-state index in [0.29, 0.717) is 17.9 Å². The number of hydrogen-bond acceptors (Lipinski definition) is 9. The Morgan fingerprint density at radius 1 is 1.19 bits per heavy atom. The first-order chi connectivity index (χ1) is 10.0. The van der Waals surface area contributed by atoms with E-state index in [1.54, 1.807) is 0 Å². The van der Waals surface area contributed by atoms with Gasteiger partial charge in [0, 0.05) is 11.5 Å². The van der Waals surface area contributed by atoms with Crippen LogP contribution in [0.5, 0.6) is 0 Å². The molecule has 0 amide bonds. The molecule has 1 fully saturated rings. The summed E-state index contributed by atoms with van der Waals surface area (Å²) in [7, 11) is 1.33. The van der Waals surface area contributed by atoms with Crippen molar-refractivity contribution in [2.75, 3.05) is 31.8 Å². The minimum atomic E-state index is -1.44. The van der Waals surface area contributed by atoms with E-state index in [1.165, 1.54) is 18.9 Å². The largest absolute Gasteiger partial charge is 0.469 e. The zero-order chi connectivity index (χ0) is 15.8. The molecular formula is C12H22O8S. The number of carbonyl (C=O) groups is 1. The second kappa shape index (κ2) is 9.57. The lowest BCUT2D eigenvalue weighted by atomic mass is 9.99. The molecule has 0 aliphatic carbocycles. The van der Waals surface area contributed by atoms with Crippen LogP contribution in [-0.4, -0.2) is 88.9 Å². The highest BCUT2D eigenvalue weighted by atomic mass is 32.2. The fraction of sp³-hybridized carbons (Fsp3) is 0.917. The van der Waals surface area contributed by atoms with Gasteiger partial charge in [0.25, 0.3) is 0 Å². The number of thioether (sulfide) groups is 1. The van der Waals surface area contributed by atoms with Gasteiger partial charge in [-0.15, -0.1) is 0 Å². The van der Waals surface area contributed by atoms with Gasteiger partial charge in [0.05, 0.1) is 26.7 Å². The van der Waals surface area contributed by atoms with Crippen molar-refractivity contribution in [3.8, 4) is 0 Å². The van der Waals surface area contributed by atoms with E-state index >= 15 is 0 Å². The Hall–Kier alpha value is -0.420. The van der Waals surface area contributed by atoms with Crippen LogP contribution < -0.4 is 0 Å². The monoisotopic (exact) mass is 326 g/mol. The van der Waals surface area contributed by atoms with Crippen LogP contribution in [0.25, 0.3) is 0 Å². The molecule has 0 spiro atoms. The Kier molecular flexibility index (Phi) is 8.49. The minimum absolute atomic E-state index is 0.231. The Morgan fingerprint density at radius 2 is 1.90 bits per heavy atom. The third-order valence-electron chi connectivity index (χ3n) is 3.04. The predicted octanol–water partition coefficient (Wildman–Crippen LogP) is -1.90. The zero-order valence-corrected chi connectivity index (χ0v) is 12.6. The first-order valence-corrected chi connectivity index (χ1v) is 7.73. The van der Waals surface area contributed by atoms with Crippen molar-refractivity contribution in [3.63, 3.8) is 0 Å². The molecule has 0 aromatic carbocycles. The smallest absolute Gasteiger partial charge is 0.306 e. The average molecular weight is 326 g/mol. The van der Waals surface area contributed by atoms with Crippen LogP contribution in [0.3, 0.4) is 0 Å². The second-order valence-electron chi connectivity index (χ2n) is 4.51. The number of hydrogen-bond donors (Lipinski definition) is 4. The lowest BCUT2D eigenvalue weighted by molar-refractivity contribution is -0.299. The van der Waals surface area contributed by atoms with E-state index in [1.807, 2.05) is 0 Å². The first-order valence-electron chi connectivity index (χ1n) is 6.58. The molecule has 1 heterocycles. The summed E-state index contributed by atoms with van der Waals surface area (Å²) >= 11 is 1.47. The molecule has 124 valence electrons. The van der Waals surface area contributed by atoms with Gasteiger partial charge in [0.1, 0.15) is 24.4 Å². The Bertz CT molecular complexity index is 314. The quantitative estimate of drug-likeness (QED) is 0.299. The molecular weight excluding hydrogens is 304 g/mol. The second-order valence-corrected chi connectivity index (χ2v) is 5.73. The van der Waals surface area contributed by atoms with Crippen LogP contribution in [0.15, 0.2) is 0 Å². The summed E-state index contributed by atoms with van der Waals surface area (Å²) in [6.45, 7) is -0.257. The van der Waals surface area contributed by atoms with E-state index in [4.69, 9.17) is 14.6 Å². The van der Waals surface area contributed by atoms with Crippen molar-refractivity contribution in [1.29, 1.82) is 0 Å². The van der Waals surface area contributed by atoms with Gasteiger partial charge in [-0.2, -0.15) is 11.8 Å². The summed E-state index contributed by atoms with van der Waals surface area (Å²) in [5.74, 6) is 0.869. The molecule has 8 nitrogen and oxygen atoms in total. The normalized spacial score (nSPS) is 32.9. The van der Waals surface area contributed by atoms with Crippen molar-refractivity contribution >= 4 is 17.7 Å². The lowest BCUT2D eigenvalue weighted by Crippen LogP contribution is -2.59. The van der Waals surface area contributed by atoms with Crippen molar-refractivity contribution in [3.05, 3.63) is 0 Å². The van der Waals surface area contributed by atoms with Crippen molar-refractivity contribution in [2.24, 2.45) is 0 Å². The third kappa shape index (κ3) is 5.70. The Balaban J connectivity index is 2.23. The standard InChI is InChI=1S/C12H22O8S/c1-18-8(14)2-4-21-5-3-19-12-11(17)10(16)9(15)7(6-13)20-12/h7,9-13,15-17H,2-6H2,1H3/t7-,9+,10+,11-,12+/m1/s1. The van der Waals surface area contributed by atoms with Crippen LogP contribution in [0.2, 0.25) is 0 Å². The fourth-order valence-corrected chi connectivity index (χ4v) is 2.52. The summed E-state index contributed by atoms with van der Waals surface area (Å²) in [5, 5.41) is 37.9. The highest BCUT2D eigenvalue weighted by molar-refractivity contribution is 7.99. The molecule has 5 atom stereocenters. The number of methoxy groups -OCH3 is 1. The lowest BCUT2D eigenvalue weighted by Gasteiger charge is -2.39. The number of aliphatic hydroxyl groups is 4. The molecule has 0 aromatic heterocycles. The molecule has 21 heavy (non-hydrogen) atoms. The molecule has 1 aliphatic rings. The summed E-state index contributed by atoms with van der Waals surface area (Å²) < 4.78 is 15.0. The number of esters is 1. The SMILES string of the molecule is COC(=O)CCSCCO[C@H]1O[C@H](CO)[C@H](O)[C@H](O)[C@H]1O. The van der Waals surface area contributed by atoms with Crippen LogP contribution >= 0.6 is 11.8 Å². The number of aliphatic hydroxyl groups excluding tert-OH is 4. The Morgan fingerprint density at radius 3 is 2.52 bits per heavy atom. The Labute approximate surface area is 127 Å². The highest BCUT2D eigenvalue weighted by Gasteiger charge is 2.43. The van der Waals surface area contributed by atoms with E-state index < -0.39 is 37.3 Å². The van der Waals surface area contributed by atoms with Gasteiger partial charge in [0.15, 0.2) is 6.29 Å². The van der Waals surface area contributed by atoms with Crippen molar-refractivity contribution < 1.29 is 39.4 Å². The van der Waals surface area contributed by atoms with E-state index in [0.717, 1.165) is 0 Å². The van der Waals surface area contributed by atoms with Crippen molar-refractivity contribution in [1.82, 2.24) is 0 Å². The van der Waals surface area contributed by atoms with Gasteiger partial charge in [-0.3, -0.25) is 4.79 Å². The number of rotatable bonds is 8. The van der Waals surface area contributed by atoms with Gasteiger partial charge < -0.3 is 34.6 Å². The molecule has 0 bridgehead atoms. The van der Waals surface area contributed by atoms with Gasteiger partial charge >= 0.3 is 5.97 Å². The van der Waals surface area contributed by atoms with Crippen LogP contribution in [0.1, 0.15) is 6.42 Å². The van der Waals surface area contributed by atoms with Crippen LogP contribution in [-0.2, 0) is 19.0 Å². The summed E-state index contributed by atoms with van der Waals surface area (Å²) in [6, 6.07) is 0. The molecule has 1 rings (SSSR count). The number of carbonyl (C=O) groups excluding carboxylic acids is 1. The maximum atomic E-state index is 10.9. The summed E-state index contributed by atoms with van der Waals surface area (Å²) in [6.07, 6.45) is -5.99. The van der Waals surface area contributed by atoms with E-state index in [2.05, 4.69) is 4.74 Å². The van der Waals surface area contributed by atoms with Gasteiger partial charge in [-0.05, 0) is 0 Å². The molecule has 4 N–H and O–H groups in total. The van der Waals surface area contributed by atoms with Crippen molar-refractivity contribution in [2.45, 2.75) is 37.1 Å².